The molecule has 1 aromatic carbocycles. The van der Waals surface area contributed by atoms with Crippen LogP contribution in [-0.2, 0) is 0 Å². The molecule has 0 amide bonds. The average molecular weight is 199 g/mol. The number of hydrogen-bond acceptors (Lipinski definition) is 3. The highest BCUT2D eigenvalue weighted by molar-refractivity contribution is 7.97. The van der Waals surface area contributed by atoms with Crippen LogP contribution in [0.3, 0.4) is 0 Å². The molecular weight excluding hydrogens is 186 g/mol. The van der Waals surface area contributed by atoms with Gasteiger partial charge in [-0.3, -0.25) is 0 Å². The molecule has 72 valence electrons. The molecule has 0 atom stereocenters. The summed E-state index contributed by atoms with van der Waals surface area (Å²) in [6, 6.07) is 6.36. The van der Waals surface area contributed by atoms with E-state index in [0.29, 0.717) is 5.69 Å². The van der Waals surface area contributed by atoms with Crippen LogP contribution in [0.1, 0.15) is 10.4 Å². The third kappa shape index (κ3) is 4.42. The molecule has 3 nitrogen and oxygen atoms in total. The van der Waals surface area contributed by atoms with Gasteiger partial charge in [-0.2, -0.15) is 11.8 Å². The van der Waals surface area contributed by atoms with Crippen molar-refractivity contribution in [3.63, 3.8) is 0 Å². The second-order valence-corrected chi connectivity index (χ2v) is 3.12. The number of nitrogen functional groups attached to an aromatic ring is 1. The minimum Gasteiger partial charge on any atom is -0.478 e. The highest BCUT2D eigenvalue weighted by Crippen LogP contribution is 2.08. The van der Waals surface area contributed by atoms with Crippen molar-refractivity contribution in [3.05, 3.63) is 29.8 Å². The molecular formula is C9H13NO2S. The summed E-state index contributed by atoms with van der Waals surface area (Å²) in [4.78, 5) is 10.3. The molecule has 0 aliphatic rings. The van der Waals surface area contributed by atoms with Crippen molar-refractivity contribution in [1.82, 2.24) is 0 Å². The number of nitrogens with two attached hydrogens (primary N) is 1. The number of anilines is 1. The fourth-order valence-electron chi connectivity index (χ4n) is 0.692. The molecule has 0 bridgehead atoms. The van der Waals surface area contributed by atoms with Crippen LogP contribution < -0.4 is 5.73 Å². The topological polar surface area (TPSA) is 63.3 Å². The zero-order valence-electron chi connectivity index (χ0n) is 7.65. The van der Waals surface area contributed by atoms with Crippen LogP contribution >= 0.6 is 11.8 Å². The molecule has 0 fully saturated rings. The van der Waals surface area contributed by atoms with Gasteiger partial charge in [0.25, 0.3) is 0 Å². The predicted octanol–water partition coefficient (Wildman–Crippen LogP) is 1.95. The van der Waals surface area contributed by atoms with E-state index in [0.717, 1.165) is 0 Å². The van der Waals surface area contributed by atoms with E-state index in [1.807, 2.05) is 12.5 Å². The predicted molar refractivity (Wildman–Crippen MR) is 57.3 cm³/mol. The van der Waals surface area contributed by atoms with Crippen molar-refractivity contribution in [3.8, 4) is 0 Å². The van der Waals surface area contributed by atoms with E-state index in [1.54, 1.807) is 30.0 Å². The van der Waals surface area contributed by atoms with E-state index < -0.39 is 5.97 Å². The number of thioether (sulfide) groups is 1. The summed E-state index contributed by atoms with van der Waals surface area (Å²) in [5.41, 5.74) is 5.80. The number of benzene rings is 1. The maximum atomic E-state index is 10.3. The molecule has 13 heavy (non-hydrogen) atoms. The quantitative estimate of drug-likeness (QED) is 0.678. The van der Waals surface area contributed by atoms with Gasteiger partial charge in [0.05, 0.1) is 5.56 Å². The van der Waals surface area contributed by atoms with Gasteiger partial charge in [-0.15, -0.1) is 0 Å². The van der Waals surface area contributed by atoms with Crippen LogP contribution in [0, 0.1) is 0 Å². The Morgan fingerprint density at radius 1 is 1.38 bits per heavy atom. The first-order valence-electron chi connectivity index (χ1n) is 3.61. The van der Waals surface area contributed by atoms with Crippen molar-refractivity contribution >= 4 is 23.4 Å². The van der Waals surface area contributed by atoms with Gasteiger partial charge in [0.15, 0.2) is 0 Å². The molecule has 4 heteroatoms. The summed E-state index contributed by atoms with van der Waals surface area (Å²) in [6.45, 7) is 0. The summed E-state index contributed by atoms with van der Waals surface area (Å²) < 4.78 is 0. The smallest absolute Gasteiger partial charge is 0.337 e. The SMILES string of the molecule is CSC.Nc1ccccc1C(=O)O. The standard InChI is InChI=1S/C7H7NO2.C2H6S/c8-6-4-2-1-3-5(6)7(9)10;1-3-2/h1-4H,8H2,(H,9,10);1-2H3. The van der Waals surface area contributed by atoms with Gasteiger partial charge >= 0.3 is 5.97 Å². The lowest BCUT2D eigenvalue weighted by Gasteiger charge is -1.96. The number of carboxylic acid groups (broad SMARTS) is 1. The molecule has 0 aliphatic heterocycles. The van der Waals surface area contributed by atoms with Gasteiger partial charge in [0.1, 0.15) is 0 Å². The molecule has 0 aliphatic carbocycles. The molecule has 1 rings (SSSR count). The first-order chi connectivity index (χ1) is 6.13. The van der Waals surface area contributed by atoms with E-state index in [9.17, 15) is 4.79 Å². The fourth-order valence-corrected chi connectivity index (χ4v) is 0.692. The zero-order valence-corrected chi connectivity index (χ0v) is 8.47. The first kappa shape index (κ1) is 11.8. The molecule has 3 N–H and O–H groups in total. The van der Waals surface area contributed by atoms with E-state index in [2.05, 4.69) is 0 Å². The molecule has 0 aromatic heterocycles. The fraction of sp³-hybridized carbons (Fsp3) is 0.222. The van der Waals surface area contributed by atoms with Gasteiger partial charge < -0.3 is 10.8 Å². The lowest BCUT2D eigenvalue weighted by atomic mass is 10.2. The number of carboxylic acids is 1. The first-order valence-corrected chi connectivity index (χ1v) is 5.24. The monoisotopic (exact) mass is 199 g/mol. The highest BCUT2D eigenvalue weighted by atomic mass is 32.2. The van der Waals surface area contributed by atoms with Crippen molar-refractivity contribution in [2.75, 3.05) is 18.2 Å². The number of carbonyl (C=O) groups is 1. The van der Waals surface area contributed by atoms with Crippen molar-refractivity contribution in [2.24, 2.45) is 0 Å². The Morgan fingerprint density at radius 3 is 2.15 bits per heavy atom. The van der Waals surface area contributed by atoms with Gasteiger partial charge in [-0.05, 0) is 24.6 Å². The Morgan fingerprint density at radius 2 is 1.85 bits per heavy atom. The van der Waals surface area contributed by atoms with E-state index in [4.69, 9.17) is 10.8 Å². The summed E-state index contributed by atoms with van der Waals surface area (Å²) in [6.07, 6.45) is 4.08. The molecule has 0 saturated carbocycles. The number of hydrogen-bond donors (Lipinski definition) is 2. The summed E-state index contributed by atoms with van der Waals surface area (Å²) in [7, 11) is 0. The Labute approximate surface area is 82.0 Å². The van der Waals surface area contributed by atoms with Crippen molar-refractivity contribution < 1.29 is 9.90 Å². The maximum Gasteiger partial charge on any atom is 0.337 e. The largest absolute Gasteiger partial charge is 0.478 e. The molecule has 0 radical (unpaired) electrons. The van der Waals surface area contributed by atoms with Crippen molar-refractivity contribution in [1.29, 1.82) is 0 Å². The Bertz CT molecular complexity index is 276. The lowest BCUT2D eigenvalue weighted by molar-refractivity contribution is 0.0698. The van der Waals surface area contributed by atoms with Crippen LogP contribution in [0.5, 0.6) is 0 Å². The zero-order chi connectivity index (χ0) is 10.3. The van der Waals surface area contributed by atoms with E-state index in [1.165, 1.54) is 6.07 Å². The van der Waals surface area contributed by atoms with Gasteiger partial charge in [-0.1, -0.05) is 12.1 Å². The molecule has 0 heterocycles. The Kier molecular flexibility index (Phi) is 5.80. The molecule has 0 unspecified atom stereocenters. The third-order valence-corrected chi connectivity index (χ3v) is 1.19. The normalized spacial score (nSPS) is 8.46. The number of rotatable bonds is 1. The summed E-state index contributed by atoms with van der Waals surface area (Å²) in [5.74, 6) is -0.988. The van der Waals surface area contributed by atoms with E-state index in [-0.39, 0.29) is 5.56 Å². The second-order valence-electron chi connectivity index (χ2n) is 2.30. The van der Waals surface area contributed by atoms with Crippen LogP contribution in [0.2, 0.25) is 0 Å². The molecule has 0 spiro atoms. The van der Waals surface area contributed by atoms with Gasteiger partial charge in [0, 0.05) is 5.69 Å². The molecule has 1 aromatic rings. The second kappa shape index (κ2) is 6.37. The minimum absolute atomic E-state index is 0.155. The van der Waals surface area contributed by atoms with Crippen molar-refractivity contribution in [2.45, 2.75) is 0 Å². The minimum atomic E-state index is -0.988. The lowest BCUT2D eigenvalue weighted by Crippen LogP contribution is -2.00. The maximum absolute atomic E-state index is 10.3. The van der Waals surface area contributed by atoms with Gasteiger partial charge in [0.2, 0.25) is 0 Å². The Hall–Kier alpha value is -1.16. The number of aromatic carboxylic acids is 1. The van der Waals surface area contributed by atoms with Crippen LogP contribution in [0.4, 0.5) is 5.69 Å². The number of para-hydroxylation sites is 1. The van der Waals surface area contributed by atoms with Crippen LogP contribution in [0.25, 0.3) is 0 Å². The van der Waals surface area contributed by atoms with Crippen LogP contribution in [-0.4, -0.2) is 23.6 Å². The van der Waals surface area contributed by atoms with Gasteiger partial charge in [-0.25, -0.2) is 4.79 Å². The highest BCUT2D eigenvalue weighted by Gasteiger charge is 2.03. The van der Waals surface area contributed by atoms with Crippen LogP contribution in [0.15, 0.2) is 24.3 Å². The summed E-state index contributed by atoms with van der Waals surface area (Å²) in [5, 5.41) is 8.49. The summed E-state index contributed by atoms with van der Waals surface area (Å²) >= 11 is 1.75. The Balaban J connectivity index is 0.000000424. The molecule has 0 saturated heterocycles. The average Bonchev–Trinajstić information content (AvgIpc) is 2.06. The third-order valence-electron chi connectivity index (χ3n) is 1.19. The van der Waals surface area contributed by atoms with E-state index >= 15 is 0 Å².